The maximum absolute atomic E-state index is 11.7. The Labute approximate surface area is 211 Å². The highest BCUT2D eigenvalue weighted by molar-refractivity contribution is 6.74. The molecule has 0 radical (unpaired) electrons. The van der Waals surface area contributed by atoms with Crippen LogP contribution in [0.5, 0.6) is 0 Å². The molecule has 2 aliphatic rings. The number of esters is 2. The third-order valence-corrected chi connectivity index (χ3v) is 11.1. The van der Waals surface area contributed by atoms with Crippen molar-refractivity contribution in [2.75, 3.05) is 40.6 Å². The van der Waals surface area contributed by atoms with Crippen LogP contribution < -0.4 is 0 Å². The Morgan fingerprint density at radius 1 is 0.857 bits per heavy atom. The molecule has 206 valence electrons. The number of carbonyl (C=O) groups excluding carboxylic acids is 2. The van der Waals surface area contributed by atoms with Crippen LogP contribution in [0.4, 0.5) is 0 Å². The highest BCUT2D eigenvalue weighted by atomic mass is 28.4. The Morgan fingerprint density at radius 2 is 1.26 bits per heavy atom. The number of methoxy groups -OCH3 is 2. The molecule has 0 bridgehead atoms. The molecule has 0 aromatic heterocycles. The molecule has 10 nitrogen and oxygen atoms in total. The van der Waals surface area contributed by atoms with Crippen LogP contribution in [0.1, 0.15) is 60.3 Å². The quantitative estimate of drug-likeness (QED) is 0.338. The highest BCUT2D eigenvalue weighted by Gasteiger charge is 2.42. The second-order valence-electron chi connectivity index (χ2n) is 10.8. The summed E-state index contributed by atoms with van der Waals surface area (Å²) in [4.78, 5) is 22.5. The molecule has 0 spiro atoms. The van der Waals surface area contributed by atoms with E-state index in [1.165, 1.54) is 14.2 Å². The first-order chi connectivity index (χ1) is 16.0. The predicted octanol–water partition coefficient (Wildman–Crippen LogP) is 3.16. The molecule has 0 saturated carbocycles. The van der Waals surface area contributed by atoms with Crippen molar-refractivity contribution in [3.05, 3.63) is 0 Å². The fourth-order valence-corrected chi connectivity index (χ4v) is 4.91. The van der Waals surface area contributed by atoms with E-state index in [4.69, 9.17) is 28.1 Å². The van der Waals surface area contributed by atoms with Crippen molar-refractivity contribution in [3.63, 3.8) is 0 Å². The van der Waals surface area contributed by atoms with E-state index in [9.17, 15) is 14.7 Å². The van der Waals surface area contributed by atoms with Crippen LogP contribution in [-0.2, 0) is 42.4 Å². The lowest BCUT2D eigenvalue weighted by atomic mass is 10.1. The van der Waals surface area contributed by atoms with Gasteiger partial charge in [-0.1, -0.05) is 20.8 Å². The van der Waals surface area contributed by atoms with Crippen molar-refractivity contribution >= 4 is 20.3 Å². The van der Waals surface area contributed by atoms with Gasteiger partial charge in [-0.25, -0.2) is 0 Å². The fraction of sp³-hybridized carbons (Fsp3) is 0.917. The monoisotopic (exact) mass is 522 g/mol. The van der Waals surface area contributed by atoms with Crippen LogP contribution in [0.2, 0.25) is 18.1 Å². The average molecular weight is 523 g/mol. The predicted molar refractivity (Wildman–Crippen MR) is 131 cm³/mol. The van der Waals surface area contributed by atoms with Crippen molar-refractivity contribution in [3.8, 4) is 0 Å². The average Bonchev–Trinajstić information content (AvgIpc) is 3.35. The van der Waals surface area contributed by atoms with Crippen LogP contribution in [-0.4, -0.2) is 89.8 Å². The number of aliphatic hydroxyl groups is 1. The SMILES string of the molecule is COC(=O)C[C@@H](CC1(C)OCCO1)O[Si](C)(C)C(C)(C)C.COC(=O)C[C@H](O)CC1(C)OCCO1. The Balaban J connectivity index is 0.000000379. The molecule has 2 heterocycles. The van der Waals surface area contributed by atoms with E-state index in [1.807, 2.05) is 6.92 Å². The van der Waals surface area contributed by atoms with Crippen LogP contribution >= 0.6 is 0 Å². The van der Waals surface area contributed by atoms with Crippen LogP contribution in [0, 0.1) is 0 Å². The second-order valence-corrected chi connectivity index (χ2v) is 15.5. The van der Waals surface area contributed by atoms with Gasteiger partial charge in [0.15, 0.2) is 19.9 Å². The molecule has 2 rings (SSSR count). The van der Waals surface area contributed by atoms with Gasteiger partial charge in [0.25, 0.3) is 0 Å². The molecular formula is C24H46O10Si. The highest BCUT2D eigenvalue weighted by Crippen LogP contribution is 2.39. The third kappa shape index (κ3) is 11.2. The summed E-state index contributed by atoms with van der Waals surface area (Å²) < 4.78 is 37.5. The molecule has 1 N–H and O–H groups in total. The van der Waals surface area contributed by atoms with Gasteiger partial charge in [-0.2, -0.15) is 0 Å². The van der Waals surface area contributed by atoms with Gasteiger partial charge in [-0.05, 0) is 32.0 Å². The summed E-state index contributed by atoms with van der Waals surface area (Å²) >= 11 is 0. The summed E-state index contributed by atoms with van der Waals surface area (Å²) in [6.07, 6.45) is -0.0205. The Bertz CT molecular complexity index is 664. The van der Waals surface area contributed by atoms with Gasteiger partial charge >= 0.3 is 11.9 Å². The van der Waals surface area contributed by atoms with E-state index in [-0.39, 0.29) is 36.4 Å². The maximum Gasteiger partial charge on any atom is 0.308 e. The van der Waals surface area contributed by atoms with E-state index in [0.717, 1.165) is 0 Å². The Kier molecular flexibility index (Phi) is 12.3. The van der Waals surface area contributed by atoms with Crippen molar-refractivity contribution in [2.45, 2.75) is 102 Å². The van der Waals surface area contributed by atoms with Gasteiger partial charge < -0.3 is 38.0 Å². The van der Waals surface area contributed by atoms with Gasteiger partial charge in [-0.15, -0.1) is 0 Å². The van der Waals surface area contributed by atoms with Crippen molar-refractivity contribution in [1.29, 1.82) is 0 Å². The smallest absolute Gasteiger partial charge is 0.308 e. The molecule has 2 aliphatic heterocycles. The second kappa shape index (κ2) is 13.5. The normalized spacial score (nSPS) is 21.0. The summed E-state index contributed by atoms with van der Waals surface area (Å²) in [6.45, 7) is 16.8. The largest absolute Gasteiger partial charge is 0.469 e. The van der Waals surface area contributed by atoms with E-state index in [2.05, 4.69) is 38.6 Å². The first kappa shape index (κ1) is 31.9. The van der Waals surface area contributed by atoms with Crippen LogP contribution in [0.15, 0.2) is 0 Å². The first-order valence-electron chi connectivity index (χ1n) is 12.1. The number of rotatable bonds is 10. The third-order valence-electron chi connectivity index (χ3n) is 6.52. The van der Waals surface area contributed by atoms with Gasteiger partial charge in [-0.3, -0.25) is 9.59 Å². The van der Waals surface area contributed by atoms with Crippen LogP contribution in [0.25, 0.3) is 0 Å². The van der Waals surface area contributed by atoms with E-state index in [0.29, 0.717) is 32.8 Å². The number of aliphatic hydroxyl groups excluding tert-OH is 1. The molecule has 0 aliphatic carbocycles. The Hall–Kier alpha value is -1.08. The standard InChI is InChI=1S/C15H30O5Si.C9H16O5/c1-14(2,3)21(6,7)20-12(10-13(16)17-5)11-15(4)18-8-9-19-15;1-9(13-3-4-14-9)6-7(10)5-8(11)12-2/h12H,8-11H2,1-7H3;7,10H,3-6H2,1-2H3/t12-;7-/m00/s1. The zero-order valence-electron chi connectivity index (χ0n) is 22.9. The van der Waals surface area contributed by atoms with Crippen LogP contribution in [0.3, 0.4) is 0 Å². The molecule has 2 saturated heterocycles. The van der Waals surface area contributed by atoms with E-state index < -0.39 is 32.0 Å². The van der Waals surface area contributed by atoms with E-state index in [1.54, 1.807) is 6.92 Å². The summed E-state index contributed by atoms with van der Waals surface area (Å²) in [5.74, 6) is -2.12. The minimum absolute atomic E-state index is 0.0290. The fourth-order valence-electron chi connectivity index (χ4n) is 3.56. The minimum Gasteiger partial charge on any atom is -0.469 e. The summed E-state index contributed by atoms with van der Waals surface area (Å²) in [5, 5.41) is 9.60. The zero-order chi connectivity index (χ0) is 26.9. The summed E-state index contributed by atoms with van der Waals surface area (Å²) in [6, 6.07) is 0. The van der Waals surface area contributed by atoms with E-state index >= 15 is 0 Å². The molecule has 0 aromatic carbocycles. The molecule has 0 unspecified atom stereocenters. The van der Waals surface area contributed by atoms with Crippen molar-refractivity contribution in [1.82, 2.24) is 0 Å². The van der Waals surface area contributed by atoms with Gasteiger partial charge in [0.05, 0.1) is 65.7 Å². The zero-order valence-corrected chi connectivity index (χ0v) is 23.9. The minimum atomic E-state index is -1.97. The van der Waals surface area contributed by atoms with Gasteiger partial charge in [0, 0.05) is 12.8 Å². The van der Waals surface area contributed by atoms with Crippen molar-refractivity contribution < 1.29 is 47.5 Å². The number of hydrogen-bond donors (Lipinski definition) is 1. The lowest BCUT2D eigenvalue weighted by molar-refractivity contribution is -0.167. The lowest BCUT2D eigenvalue weighted by Gasteiger charge is -2.40. The number of ether oxygens (including phenoxy) is 6. The van der Waals surface area contributed by atoms with Crippen molar-refractivity contribution in [2.24, 2.45) is 0 Å². The molecule has 11 heteroatoms. The Morgan fingerprint density at radius 3 is 1.66 bits per heavy atom. The first-order valence-corrected chi connectivity index (χ1v) is 15.0. The summed E-state index contributed by atoms with van der Waals surface area (Å²) in [5.41, 5.74) is 0. The number of carbonyl (C=O) groups is 2. The molecular weight excluding hydrogens is 476 g/mol. The maximum atomic E-state index is 11.7. The molecule has 0 amide bonds. The number of hydrogen-bond acceptors (Lipinski definition) is 10. The molecule has 0 aromatic rings. The molecule has 2 fully saturated rings. The summed E-state index contributed by atoms with van der Waals surface area (Å²) in [7, 11) is 0.718. The topological polar surface area (TPSA) is 119 Å². The lowest BCUT2D eigenvalue weighted by Crippen LogP contribution is -2.46. The molecule has 2 atom stereocenters. The van der Waals surface area contributed by atoms with Gasteiger partial charge in [0.1, 0.15) is 0 Å². The van der Waals surface area contributed by atoms with Gasteiger partial charge in [0.2, 0.25) is 0 Å². The molecule has 35 heavy (non-hydrogen) atoms.